The maximum absolute atomic E-state index is 11.8. The van der Waals surface area contributed by atoms with Crippen molar-refractivity contribution >= 4 is 66.7 Å². The molecule has 0 unspecified atom stereocenters. The highest BCUT2D eigenvalue weighted by Crippen LogP contribution is 2.25. The zero-order valence-electron chi connectivity index (χ0n) is 9.81. The monoisotopic (exact) mass is 421 g/mol. The molecule has 0 aliphatic heterocycles. The third-order valence-corrected chi connectivity index (χ3v) is 5.17. The van der Waals surface area contributed by atoms with Crippen LogP contribution in [0.15, 0.2) is 30.9 Å². The molecule has 2 rings (SSSR count). The fourth-order valence-electron chi connectivity index (χ4n) is 1.20. The van der Waals surface area contributed by atoms with Crippen molar-refractivity contribution < 1.29 is 4.79 Å². The first-order chi connectivity index (χ1) is 9.04. The molecule has 0 aromatic carbocycles. The van der Waals surface area contributed by atoms with Crippen molar-refractivity contribution in [3.05, 3.63) is 32.3 Å². The topological polar surface area (TPSA) is 54.9 Å². The van der Waals surface area contributed by atoms with E-state index in [9.17, 15) is 4.79 Å². The second kappa shape index (κ2) is 6.83. The molecule has 2 aromatic heterocycles. The number of thioether (sulfide) groups is 1. The maximum Gasteiger partial charge on any atom is 0.236 e. The predicted molar refractivity (Wildman–Crippen MR) is 85.8 cm³/mol. The van der Waals surface area contributed by atoms with Crippen LogP contribution in [-0.4, -0.2) is 21.6 Å². The summed E-state index contributed by atoms with van der Waals surface area (Å²) in [4.78, 5) is 20.2. The molecule has 0 radical (unpaired) electrons. The summed E-state index contributed by atoms with van der Waals surface area (Å²) in [5.74, 6) is 0.731. The SMILES string of the molecule is Cc1csc(SCC(=O)Nc2ncc(Br)cc2Br)n1. The molecule has 0 fully saturated rings. The van der Waals surface area contributed by atoms with E-state index >= 15 is 0 Å². The van der Waals surface area contributed by atoms with Crippen molar-refractivity contribution in [3.63, 3.8) is 0 Å². The molecule has 8 heteroatoms. The van der Waals surface area contributed by atoms with Crippen LogP contribution < -0.4 is 5.32 Å². The van der Waals surface area contributed by atoms with Crippen LogP contribution in [0.4, 0.5) is 5.82 Å². The van der Waals surface area contributed by atoms with Gasteiger partial charge < -0.3 is 5.32 Å². The number of aryl methyl sites for hydroxylation is 1. The van der Waals surface area contributed by atoms with Crippen molar-refractivity contribution in [1.29, 1.82) is 0 Å². The Kier molecular flexibility index (Phi) is 5.37. The highest BCUT2D eigenvalue weighted by molar-refractivity contribution is 9.11. The summed E-state index contributed by atoms with van der Waals surface area (Å²) in [5.41, 5.74) is 0.977. The lowest BCUT2D eigenvalue weighted by Crippen LogP contribution is -2.15. The highest BCUT2D eigenvalue weighted by atomic mass is 79.9. The lowest BCUT2D eigenvalue weighted by molar-refractivity contribution is -0.113. The summed E-state index contributed by atoms with van der Waals surface area (Å²) < 4.78 is 2.49. The normalized spacial score (nSPS) is 10.5. The van der Waals surface area contributed by atoms with Gasteiger partial charge in [-0.15, -0.1) is 11.3 Å². The molecule has 0 atom stereocenters. The molecule has 1 N–H and O–H groups in total. The minimum atomic E-state index is -0.103. The van der Waals surface area contributed by atoms with E-state index in [-0.39, 0.29) is 5.91 Å². The molecule has 0 bridgehead atoms. The number of nitrogens with one attached hydrogen (secondary N) is 1. The van der Waals surface area contributed by atoms with Gasteiger partial charge in [-0.2, -0.15) is 0 Å². The van der Waals surface area contributed by atoms with Crippen LogP contribution in [0, 0.1) is 6.92 Å². The van der Waals surface area contributed by atoms with Gasteiger partial charge in [0, 0.05) is 21.7 Å². The quantitative estimate of drug-likeness (QED) is 0.753. The zero-order chi connectivity index (χ0) is 13.8. The molecule has 1 amide bonds. The summed E-state index contributed by atoms with van der Waals surface area (Å²) in [6.45, 7) is 1.93. The van der Waals surface area contributed by atoms with Gasteiger partial charge in [-0.25, -0.2) is 9.97 Å². The number of anilines is 1. The van der Waals surface area contributed by atoms with Crippen LogP contribution in [0.1, 0.15) is 5.69 Å². The third kappa shape index (κ3) is 4.55. The van der Waals surface area contributed by atoms with Crippen molar-refractivity contribution in [2.75, 3.05) is 11.1 Å². The van der Waals surface area contributed by atoms with Gasteiger partial charge in [0.1, 0.15) is 5.82 Å². The van der Waals surface area contributed by atoms with Gasteiger partial charge in [0.2, 0.25) is 5.91 Å². The Balaban J connectivity index is 1.90. The second-order valence-electron chi connectivity index (χ2n) is 3.58. The maximum atomic E-state index is 11.8. The van der Waals surface area contributed by atoms with Crippen molar-refractivity contribution in [2.45, 2.75) is 11.3 Å². The molecule has 0 saturated heterocycles. The fourth-order valence-corrected chi connectivity index (χ4v) is 3.94. The lowest BCUT2D eigenvalue weighted by Gasteiger charge is -2.05. The number of amides is 1. The van der Waals surface area contributed by atoms with Gasteiger partial charge in [-0.05, 0) is 44.8 Å². The lowest BCUT2D eigenvalue weighted by atomic mass is 10.4. The van der Waals surface area contributed by atoms with Crippen LogP contribution in [0.25, 0.3) is 0 Å². The van der Waals surface area contributed by atoms with Crippen LogP contribution in [0.5, 0.6) is 0 Å². The summed E-state index contributed by atoms with van der Waals surface area (Å²) in [7, 11) is 0. The minimum Gasteiger partial charge on any atom is -0.309 e. The van der Waals surface area contributed by atoms with E-state index in [2.05, 4.69) is 47.1 Å². The number of thiazole rings is 1. The molecule has 19 heavy (non-hydrogen) atoms. The molecular formula is C11H9Br2N3OS2. The predicted octanol–water partition coefficient (Wildman–Crippen LogP) is 4.10. The largest absolute Gasteiger partial charge is 0.309 e. The highest BCUT2D eigenvalue weighted by Gasteiger charge is 2.09. The van der Waals surface area contributed by atoms with Crippen LogP contribution in [0.3, 0.4) is 0 Å². The molecule has 0 aliphatic rings. The summed E-state index contributed by atoms with van der Waals surface area (Å²) in [6.07, 6.45) is 1.64. The minimum absolute atomic E-state index is 0.103. The number of hydrogen-bond donors (Lipinski definition) is 1. The van der Waals surface area contributed by atoms with Gasteiger partial charge >= 0.3 is 0 Å². The number of aromatic nitrogens is 2. The van der Waals surface area contributed by atoms with Crippen molar-refractivity contribution in [3.8, 4) is 0 Å². The van der Waals surface area contributed by atoms with E-state index in [1.165, 1.54) is 11.8 Å². The standard InChI is InChI=1S/C11H9Br2N3OS2/c1-6-4-18-11(15-6)19-5-9(17)16-10-8(13)2-7(12)3-14-10/h2-4H,5H2,1H3,(H,14,16,17). The fraction of sp³-hybridized carbons (Fsp3) is 0.182. The van der Waals surface area contributed by atoms with Gasteiger partial charge in [0.25, 0.3) is 0 Å². The van der Waals surface area contributed by atoms with Crippen molar-refractivity contribution in [1.82, 2.24) is 9.97 Å². The van der Waals surface area contributed by atoms with E-state index in [1.807, 2.05) is 18.4 Å². The molecular weight excluding hydrogens is 414 g/mol. The Labute approximate surface area is 135 Å². The molecule has 0 spiro atoms. The van der Waals surface area contributed by atoms with Gasteiger partial charge in [0.05, 0.1) is 10.2 Å². The number of carbonyl (C=O) groups is 1. The van der Waals surface area contributed by atoms with E-state index < -0.39 is 0 Å². The molecule has 2 heterocycles. The molecule has 0 aliphatic carbocycles. The van der Waals surface area contributed by atoms with Crippen LogP contribution in [0.2, 0.25) is 0 Å². The Morgan fingerprint density at radius 1 is 1.53 bits per heavy atom. The van der Waals surface area contributed by atoms with E-state index in [1.54, 1.807) is 17.5 Å². The Morgan fingerprint density at radius 3 is 2.95 bits per heavy atom. The van der Waals surface area contributed by atoms with Gasteiger partial charge in [-0.1, -0.05) is 11.8 Å². The number of hydrogen-bond acceptors (Lipinski definition) is 5. The van der Waals surface area contributed by atoms with E-state index in [4.69, 9.17) is 0 Å². The molecule has 4 nitrogen and oxygen atoms in total. The average molecular weight is 423 g/mol. The molecule has 100 valence electrons. The third-order valence-electron chi connectivity index (χ3n) is 1.99. The summed E-state index contributed by atoms with van der Waals surface area (Å²) >= 11 is 9.62. The first-order valence-corrected chi connectivity index (χ1v) is 8.65. The second-order valence-corrected chi connectivity index (χ2v) is 7.43. The van der Waals surface area contributed by atoms with Gasteiger partial charge in [-0.3, -0.25) is 4.79 Å². The number of nitrogens with zero attached hydrogens (tertiary/aromatic N) is 2. The van der Waals surface area contributed by atoms with E-state index in [0.29, 0.717) is 11.6 Å². The number of pyridine rings is 1. The summed E-state index contributed by atoms with van der Waals surface area (Å²) in [6, 6.07) is 1.83. The molecule has 2 aromatic rings. The first-order valence-electron chi connectivity index (χ1n) is 5.20. The number of carbonyl (C=O) groups excluding carboxylic acids is 1. The van der Waals surface area contributed by atoms with E-state index in [0.717, 1.165) is 19.0 Å². The molecule has 0 saturated carbocycles. The zero-order valence-corrected chi connectivity index (χ0v) is 14.6. The van der Waals surface area contributed by atoms with Crippen molar-refractivity contribution in [2.24, 2.45) is 0 Å². The Hall–Kier alpha value is -0.440. The summed E-state index contributed by atoms with van der Waals surface area (Å²) in [5, 5.41) is 4.72. The van der Waals surface area contributed by atoms with Gasteiger partial charge in [0.15, 0.2) is 4.34 Å². The Morgan fingerprint density at radius 2 is 2.32 bits per heavy atom. The average Bonchev–Trinajstić information content (AvgIpc) is 2.76. The smallest absolute Gasteiger partial charge is 0.236 e. The number of rotatable bonds is 4. The van der Waals surface area contributed by atoms with Crippen LogP contribution in [-0.2, 0) is 4.79 Å². The number of halogens is 2. The Bertz CT molecular complexity index is 603. The first kappa shape index (κ1) is 15.0. The van der Waals surface area contributed by atoms with Crippen LogP contribution >= 0.6 is 55.0 Å².